The zero-order chi connectivity index (χ0) is 21.3. The number of carbonyl (C=O) groups excluding carboxylic acids is 1. The number of amides is 1. The number of sulfone groups is 1. The third-order valence-corrected chi connectivity index (χ3v) is 8.33. The first-order valence-corrected chi connectivity index (χ1v) is 12.5. The van der Waals surface area contributed by atoms with Crippen molar-refractivity contribution in [1.29, 1.82) is 0 Å². The van der Waals surface area contributed by atoms with Crippen LogP contribution in [-0.2, 0) is 14.6 Å². The summed E-state index contributed by atoms with van der Waals surface area (Å²) in [6, 6.07) is 6.86. The lowest BCUT2D eigenvalue weighted by molar-refractivity contribution is -0.133. The molecule has 7 nitrogen and oxygen atoms in total. The fourth-order valence-corrected chi connectivity index (χ4v) is 6.55. The molecule has 1 fully saturated rings. The van der Waals surface area contributed by atoms with Crippen LogP contribution in [-0.4, -0.2) is 60.6 Å². The molecule has 0 spiro atoms. The minimum Gasteiger partial charge on any atom is -0.366 e. The second-order valence-electron chi connectivity index (χ2n) is 7.23. The van der Waals surface area contributed by atoms with E-state index in [9.17, 15) is 13.2 Å². The molecule has 1 aliphatic heterocycles. The molecule has 30 heavy (non-hydrogen) atoms. The summed E-state index contributed by atoms with van der Waals surface area (Å²) in [4.78, 5) is 25.1. The van der Waals surface area contributed by atoms with E-state index in [1.54, 1.807) is 41.0 Å². The maximum atomic E-state index is 12.9. The van der Waals surface area contributed by atoms with Crippen LogP contribution in [0.15, 0.2) is 47.1 Å². The Kier molecular flexibility index (Phi) is 5.95. The summed E-state index contributed by atoms with van der Waals surface area (Å²) in [5.74, 6) is -0.366. The van der Waals surface area contributed by atoms with Gasteiger partial charge in [-0.15, -0.1) is 11.3 Å². The Morgan fingerprint density at radius 1 is 1.30 bits per heavy atom. The molecule has 158 valence electrons. The predicted octanol–water partition coefficient (Wildman–Crippen LogP) is 3.25. The van der Waals surface area contributed by atoms with Gasteiger partial charge in [0.25, 0.3) is 0 Å². The van der Waals surface area contributed by atoms with E-state index in [1.165, 1.54) is 11.3 Å². The molecular weight excluding hydrogens is 444 g/mol. The van der Waals surface area contributed by atoms with Gasteiger partial charge in [0.1, 0.15) is 0 Å². The number of piperazine rings is 1. The van der Waals surface area contributed by atoms with Gasteiger partial charge in [-0.2, -0.15) is 0 Å². The Labute approximate surface area is 184 Å². The third kappa shape index (κ3) is 4.14. The van der Waals surface area contributed by atoms with E-state index < -0.39 is 9.84 Å². The van der Waals surface area contributed by atoms with Gasteiger partial charge in [-0.25, -0.2) is 13.4 Å². The molecule has 0 unspecified atom stereocenters. The normalized spacial score (nSPS) is 17.5. The molecule has 0 saturated carbocycles. The summed E-state index contributed by atoms with van der Waals surface area (Å²) in [5.41, 5.74) is 3.18. The highest BCUT2D eigenvalue weighted by Gasteiger charge is 2.29. The summed E-state index contributed by atoms with van der Waals surface area (Å²) < 4.78 is 26.4. The molecule has 1 saturated heterocycles. The number of aromatic nitrogens is 2. The number of anilines is 1. The molecular formula is C20H21ClN4O3S2. The fraction of sp³-hybridized carbons (Fsp3) is 0.350. The molecule has 1 atom stereocenters. The van der Waals surface area contributed by atoms with Crippen LogP contribution in [0.25, 0.3) is 10.2 Å². The molecule has 4 rings (SSSR count). The van der Waals surface area contributed by atoms with Crippen LogP contribution in [0.5, 0.6) is 0 Å². The van der Waals surface area contributed by atoms with Gasteiger partial charge in [0.15, 0.2) is 9.84 Å². The highest BCUT2D eigenvalue weighted by atomic mass is 35.5. The maximum Gasteiger partial charge on any atom is 0.223 e. The van der Waals surface area contributed by atoms with E-state index in [-0.39, 0.29) is 29.0 Å². The molecule has 1 aromatic carbocycles. The smallest absolute Gasteiger partial charge is 0.223 e. The zero-order valence-corrected chi connectivity index (χ0v) is 18.8. The highest BCUT2D eigenvalue weighted by molar-refractivity contribution is 7.91. The van der Waals surface area contributed by atoms with Crippen molar-refractivity contribution >= 4 is 54.6 Å². The van der Waals surface area contributed by atoms with E-state index in [4.69, 9.17) is 11.6 Å². The summed E-state index contributed by atoms with van der Waals surface area (Å²) in [6.07, 6.45) is 3.25. The van der Waals surface area contributed by atoms with Crippen LogP contribution >= 0.6 is 22.9 Å². The second kappa shape index (κ2) is 8.49. The van der Waals surface area contributed by atoms with Gasteiger partial charge in [0, 0.05) is 44.5 Å². The number of halogens is 1. The summed E-state index contributed by atoms with van der Waals surface area (Å²) in [7, 11) is -3.58. The van der Waals surface area contributed by atoms with E-state index >= 15 is 0 Å². The van der Waals surface area contributed by atoms with Crippen molar-refractivity contribution in [3.05, 3.63) is 47.2 Å². The fourth-order valence-electron chi connectivity index (χ4n) is 3.75. The first kappa shape index (κ1) is 21.0. The van der Waals surface area contributed by atoms with Gasteiger partial charge in [-0.3, -0.25) is 9.78 Å². The first-order valence-electron chi connectivity index (χ1n) is 9.56. The highest BCUT2D eigenvalue weighted by Crippen LogP contribution is 2.28. The lowest BCUT2D eigenvalue weighted by Gasteiger charge is -2.41. The number of fused-ring (bicyclic) bond motifs is 1. The standard InChI is InChI=1S/C20H21ClN4O3S2/c1-14-12-24(17-5-7-22-11-15(17)21)8-9-25(14)19(26)6-10-30(27,28)18-4-2-3-16-20(18)29-13-23-16/h2-5,7,11,13-14H,6,8-10,12H2,1H3/t14-/m1/s1. The van der Waals surface area contributed by atoms with Crippen LogP contribution < -0.4 is 4.90 Å². The van der Waals surface area contributed by atoms with Crippen molar-refractivity contribution in [2.24, 2.45) is 0 Å². The number of hydrogen-bond acceptors (Lipinski definition) is 7. The summed E-state index contributed by atoms with van der Waals surface area (Å²) in [5, 5.41) is 0.577. The molecule has 2 aromatic heterocycles. The van der Waals surface area contributed by atoms with Crippen LogP contribution in [0.3, 0.4) is 0 Å². The van der Waals surface area contributed by atoms with Crippen molar-refractivity contribution in [2.45, 2.75) is 24.3 Å². The van der Waals surface area contributed by atoms with Crippen LogP contribution in [0.2, 0.25) is 5.02 Å². The maximum absolute atomic E-state index is 12.9. The molecule has 0 aliphatic carbocycles. The molecule has 10 heteroatoms. The molecule has 0 bridgehead atoms. The average molecular weight is 465 g/mol. The third-order valence-electron chi connectivity index (χ3n) is 5.28. The predicted molar refractivity (Wildman–Crippen MR) is 119 cm³/mol. The van der Waals surface area contributed by atoms with Gasteiger partial charge in [0.05, 0.1) is 37.1 Å². The number of carbonyl (C=O) groups is 1. The molecule has 1 aliphatic rings. The van der Waals surface area contributed by atoms with E-state index in [0.717, 1.165) is 5.69 Å². The van der Waals surface area contributed by atoms with Crippen molar-refractivity contribution < 1.29 is 13.2 Å². The second-order valence-corrected chi connectivity index (χ2v) is 10.6. The van der Waals surface area contributed by atoms with Gasteiger partial charge in [-0.1, -0.05) is 17.7 Å². The lowest BCUT2D eigenvalue weighted by atomic mass is 10.1. The largest absolute Gasteiger partial charge is 0.366 e. The van der Waals surface area contributed by atoms with Crippen LogP contribution in [0.4, 0.5) is 5.69 Å². The van der Waals surface area contributed by atoms with Crippen molar-refractivity contribution in [3.63, 3.8) is 0 Å². The average Bonchev–Trinajstić information content (AvgIpc) is 3.21. The Morgan fingerprint density at radius 3 is 2.90 bits per heavy atom. The molecule has 3 aromatic rings. The number of hydrogen-bond donors (Lipinski definition) is 0. The van der Waals surface area contributed by atoms with E-state index in [1.807, 2.05) is 13.0 Å². The monoisotopic (exact) mass is 464 g/mol. The van der Waals surface area contributed by atoms with Crippen LogP contribution in [0.1, 0.15) is 13.3 Å². The summed E-state index contributed by atoms with van der Waals surface area (Å²) in [6.45, 7) is 3.74. The van der Waals surface area contributed by atoms with Gasteiger partial charge >= 0.3 is 0 Å². The van der Waals surface area contributed by atoms with E-state index in [0.29, 0.717) is 34.9 Å². The molecule has 0 N–H and O–H groups in total. The van der Waals surface area contributed by atoms with E-state index in [2.05, 4.69) is 14.9 Å². The van der Waals surface area contributed by atoms with Gasteiger partial charge < -0.3 is 9.80 Å². The van der Waals surface area contributed by atoms with Crippen molar-refractivity contribution in [2.75, 3.05) is 30.3 Å². The Hall–Kier alpha value is -2.23. The minimum atomic E-state index is -3.58. The summed E-state index contributed by atoms with van der Waals surface area (Å²) >= 11 is 7.54. The lowest BCUT2D eigenvalue weighted by Crippen LogP contribution is -2.54. The Balaban J connectivity index is 1.41. The van der Waals surface area contributed by atoms with Gasteiger partial charge in [0.2, 0.25) is 5.91 Å². The topological polar surface area (TPSA) is 83.5 Å². The Bertz CT molecular complexity index is 1180. The minimum absolute atomic E-state index is 0.0438. The molecule has 1 amide bonds. The molecule has 3 heterocycles. The SMILES string of the molecule is C[C@@H]1CN(c2ccncc2Cl)CCN1C(=O)CCS(=O)(=O)c1cccc2ncsc12. The van der Waals surface area contributed by atoms with Crippen LogP contribution in [0, 0.1) is 0 Å². The quantitative estimate of drug-likeness (QED) is 0.576. The molecule has 0 radical (unpaired) electrons. The van der Waals surface area contributed by atoms with Crippen molar-refractivity contribution in [1.82, 2.24) is 14.9 Å². The first-order chi connectivity index (χ1) is 14.4. The number of pyridine rings is 1. The number of nitrogens with zero attached hydrogens (tertiary/aromatic N) is 4. The number of benzene rings is 1. The number of rotatable bonds is 5. The van der Waals surface area contributed by atoms with Gasteiger partial charge in [-0.05, 0) is 25.1 Å². The zero-order valence-electron chi connectivity index (χ0n) is 16.4. The van der Waals surface area contributed by atoms with Crippen molar-refractivity contribution in [3.8, 4) is 0 Å². The Morgan fingerprint density at radius 2 is 2.13 bits per heavy atom. The number of thiazole rings is 1.